The van der Waals surface area contributed by atoms with Crippen molar-refractivity contribution in [2.45, 2.75) is 17.7 Å². The van der Waals surface area contributed by atoms with Gasteiger partial charge in [0.25, 0.3) is 15.9 Å². The van der Waals surface area contributed by atoms with Crippen LogP contribution in [-0.2, 0) is 22.9 Å². The van der Waals surface area contributed by atoms with Crippen molar-refractivity contribution < 1.29 is 17.6 Å². The van der Waals surface area contributed by atoms with Crippen LogP contribution in [0.5, 0.6) is 0 Å². The Kier molecular flexibility index (Phi) is 4.90. The number of rotatable bonds is 5. The lowest BCUT2D eigenvalue weighted by molar-refractivity contribution is 0.102. The third kappa shape index (κ3) is 3.61. The first-order chi connectivity index (χ1) is 15.4. The summed E-state index contributed by atoms with van der Waals surface area (Å²) in [4.78, 5) is 13.0. The van der Waals surface area contributed by atoms with E-state index < -0.39 is 21.7 Å². The second kappa shape index (κ2) is 7.76. The zero-order valence-corrected chi connectivity index (χ0v) is 17.7. The number of benzene rings is 4. The first-order valence-corrected chi connectivity index (χ1v) is 11.6. The van der Waals surface area contributed by atoms with Crippen molar-refractivity contribution in [2.24, 2.45) is 0 Å². The summed E-state index contributed by atoms with van der Waals surface area (Å²) in [7, 11) is -3.99. The van der Waals surface area contributed by atoms with Crippen LogP contribution in [0, 0.1) is 5.82 Å². The lowest BCUT2D eigenvalue weighted by atomic mass is 10.0. The van der Waals surface area contributed by atoms with E-state index in [1.807, 2.05) is 24.3 Å². The second-order valence-corrected chi connectivity index (χ2v) is 9.35. The molecule has 0 unspecified atom stereocenters. The SMILES string of the molecule is O=C(Nc1ccc2c3c(cccc13)CC2)c1ccccc1NS(=O)(=O)c1ccc(F)cc1. The van der Waals surface area contributed by atoms with Gasteiger partial charge in [0.05, 0.1) is 16.1 Å². The molecule has 1 amide bonds. The molecule has 0 aliphatic heterocycles. The van der Waals surface area contributed by atoms with Crippen molar-refractivity contribution in [2.75, 3.05) is 10.0 Å². The van der Waals surface area contributed by atoms with Gasteiger partial charge in [0.2, 0.25) is 0 Å². The number of hydrogen-bond acceptors (Lipinski definition) is 3. The number of para-hydroxylation sites is 1. The number of hydrogen-bond donors (Lipinski definition) is 2. The van der Waals surface area contributed by atoms with E-state index in [9.17, 15) is 17.6 Å². The second-order valence-electron chi connectivity index (χ2n) is 7.67. The summed E-state index contributed by atoms with van der Waals surface area (Å²) >= 11 is 0. The number of carbonyl (C=O) groups is 1. The predicted octanol–water partition coefficient (Wildman–Crippen LogP) is 5.13. The van der Waals surface area contributed by atoms with Crippen molar-refractivity contribution in [3.63, 3.8) is 0 Å². The van der Waals surface area contributed by atoms with Gasteiger partial charge in [-0.15, -0.1) is 0 Å². The summed E-state index contributed by atoms with van der Waals surface area (Å²) in [6.45, 7) is 0. The van der Waals surface area contributed by atoms with Gasteiger partial charge in [-0.05, 0) is 71.8 Å². The number of aryl methyl sites for hydroxylation is 2. The Morgan fingerprint density at radius 3 is 2.28 bits per heavy atom. The smallest absolute Gasteiger partial charge is 0.261 e. The van der Waals surface area contributed by atoms with Gasteiger partial charge in [0.15, 0.2) is 0 Å². The van der Waals surface area contributed by atoms with E-state index in [-0.39, 0.29) is 16.1 Å². The summed E-state index contributed by atoms with van der Waals surface area (Å²) in [5.74, 6) is -0.963. The van der Waals surface area contributed by atoms with Crippen molar-refractivity contribution in [1.82, 2.24) is 0 Å². The summed E-state index contributed by atoms with van der Waals surface area (Å²) in [6.07, 6.45) is 1.97. The topological polar surface area (TPSA) is 75.3 Å². The molecule has 5 nitrogen and oxygen atoms in total. The molecule has 1 aliphatic rings. The molecular formula is C25H19FN2O3S. The highest BCUT2D eigenvalue weighted by Crippen LogP contribution is 2.35. The maximum Gasteiger partial charge on any atom is 0.261 e. The number of anilines is 2. The van der Waals surface area contributed by atoms with E-state index >= 15 is 0 Å². The van der Waals surface area contributed by atoms with Crippen molar-refractivity contribution in [3.8, 4) is 0 Å². The van der Waals surface area contributed by atoms with Crippen molar-refractivity contribution >= 4 is 38.1 Å². The maximum atomic E-state index is 13.2. The molecule has 0 radical (unpaired) electrons. The average Bonchev–Trinajstić information content (AvgIpc) is 3.21. The van der Waals surface area contributed by atoms with Crippen LogP contribution in [0.25, 0.3) is 10.8 Å². The van der Waals surface area contributed by atoms with Crippen LogP contribution in [0.3, 0.4) is 0 Å². The molecule has 4 aromatic carbocycles. The molecule has 0 fully saturated rings. The predicted molar refractivity (Wildman–Crippen MR) is 123 cm³/mol. The molecule has 0 saturated carbocycles. The van der Waals surface area contributed by atoms with E-state index in [0.717, 1.165) is 30.4 Å². The molecule has 0 bridgehead atoms. The number of carbonyl (C=O) groups excluding carboxylic acids is 1. The van der Waals surface area contributed by atoms with Gasteiger partial charge in [0.1, 0.15) is 5.82 Å². The highest BCUT2D eigenvalue weighted by Gasteiger charge is 2.21. The Hall–Kier alpha value is -3.71. The fraction of sp³-hybridized carbons (Fsp3) is 0.0800. The molecule has 0 saturated heterocycles. The highest BCUT2D eigenvalue weighted by atomic mass is 32.2. The lowest BCUT2D eigenvalue weighted by Gasteiger charge is -2.14. The first-order valence-electron chi connectivity index (χ1n) is 10.1. The molecule has 7 heteroatoms. The highest BCUT2D eigenvalue weighted by molar-refractivity contribution is 7.92. The van der Waals surface area contributed by atoms with E-state index in [1.165, 1.54) is 34.7 Å². The zero-order valence-electron chi connectivity index (χ0n) is 16.9. The summed E-state index contributed by atoms with van der Waals surface area (Å²) in [5, 5.41) is 5.08. The van der Waals surface area contributed by atoms with Crippen LogP contribution in [0.1, 0.15) is 21.5 Å². The largest absolute Gasteiger partial charge is 0.321 e. The molecular weight excluding hydrogens is 427 g/mol. The Balaban J connectivity index is 1.46. The van der Waals surface area contributed by atoms with Gasteiger partial charge >= 0.3 is 0 Å². The summed E-state index contributed by atoms with van der Waals surface area (Å²) in [5.41, 5.74) is 3.53. The monoisotopic (exact) mass is 446 g/mol. The average molecular weight is 447 g/mol. The van der Waals surface area contributed by atoms with Crippen LogP contribution in [0.15, 0.2) is 83.8 Å². The Morgan fingerprint density at radius 1 is 0.781 bits per heavy atom. The van der Waals surface area contributed by atoms with Crippen LogP contribution in [0.4, 0.5) is 15.8 Å². The van der Waals surface area contributed by atoms with Gasteiger partial charge in [0, 0.05) is 11.1 Å². The number of sulfonamides is 1. The van der Waals surface area contributed by atoms with Gasteiger partial charge in [-0.1, -0.05) is 36.4 Å². The molecule has 5 rings (SSSR count). The van der Waals surface area contributed by atoms with Crippen LogP contribution < -0.4 is 10.0 Å². The Bertz CT molecular complexity index is 1450. The van der Waals surface area contributed by atoms with Crippen LogP contribution in [0.2, 0.25) is 0 Å². The number of amides is 1. The van der Waals surface area contributed by atoms with Crippen LogP contribution >= 0.6 is 0 Å². The van der Waals surface area contributed by atoms with Gasteiger partial charge in [-0.3, -0.25) is 9.52 Å². The minimum atomic E-state index is -3.99. The Labute approximate surface area is 185 Å². The van der Waals surface area contributed by atoms with Crippen molar-refractivity contribution in [3.05, 3.63) is 101 Å². The number of nitrogens with one attached hydrogen (secondary N) is 2. The molecule has 160 valence electrons. The van der Waals surface area contributed by atoms with Crippen LogP contribution in [-0.4, -0.2) is 14.3 Å². The molecule has 4 aromatic rings. The molecule has 0 heterocycles. The third-order valence-corrected chi connectivity index (χ3v) is 7.05. The van der Waals surface area contributed by atoms with Gasteiger partial charge in [-0.2, -0.15) is 0 Å². The molecule has 2 N–H and O–H groups in total. The van der Waals surface area contributed by atoms with Gasteiger partial charge < -0.3 is 5.32 Å². The minimum Gasteiger partial charge on any atom is -0.321 e. The van der Waals surface area contributed by atoms with E-state index in [2.05, 4.69) is 16.1 Å². The summed E-state index contributed by atoms with van der Waals surface area (Å²) in [6, 6.07) is 20.8. The third-order valence-electron chi connectivity index (χ3n) is 5.67. The van der Waals surface area contributed by atoms with E-state index in [0.29, 0.717) is 5.69 Å². The minimum absolute atomic E-state index is 0.0957. The summed E-state index contributed by atoms with van der Waals surface area (Å²) < 4.78 is 41.1. The first kappa shape index (κ1) is 20.2. The quantitative estimate of drug-likeness (QED) is 0.446. The molecule has 0 atom stereocenters. The lowest BCUT2D eigenvalue weighted by Crippen LogP contribution is -2.18. The molecule has 1 aliphatic carbocycles. The van der Waals surface area contributed by atoms with Crippen molar-refractivity contribution in [1.29, 1.82) is 0 Å². The Morgan fingerprint density at radius 2 is 1.50 bits per heavy atom. The molecule has 0 spiro atoms. The molecule has 32 heavy (non-hydrogen) atoms. The van der Waals surface area contributed by atoms with Gasteiger partial charge in [-0.25, -0.2) is 12.8 Å². The number of halogens is 1. The fourth-order valence-electron chi connectivity index (χ4n) is 4.13. The van der Waals surface area contributed by atoms with E-state index in [1.54, 1.807) is 18.2 Å². The zero-order chi connectivity index (χ0) is 22.3. The molecule has 0 aromatic heterocycles. The standard InChI is InChI=1S/C25H19FN2O3S/c26-18-11-13-19(14-12-18)32(30,31)28-23-7-2-1-5-21(23)25(29)27-22-15-10-17-9-8-16-4-3-6-20(22)24(16)17/h1-7,10-15,28H,8-9H2,(H,27,29). The van der Waals surface area contributed by atoms with E-state index in [4.69, 9.17) is 0 Å². The fourth-order valence-corrected chi connectivity index (χ4v) is 5.21. The maximum absolute atomic E-state index is 13.2. The normalized spacial score (nSPS) is 12.7.